The van der Waals surface area contributed by atoms with Gasteiger partial charge in [0, 0.05) is 23.7 Å². The van der Waals surface area contributed by atoms with Crippen LogP contribution in [0, 0.1) is 6.92 Å². The Morgan fingerprint density at radius 3 is 2.94 bits per heavy atom. The highest BCUT2D eigenvalue weighted by Gasteiger charge is 2.32. The van der Waals surface area contributed by atoms with Crippen LogP contribution in [0.4, 0.5) is 8.78 Å². The number of halogens is 2. The number of nitrogens with zero attached hydrogens (tertiary/aromatic N) is 2. The molecule has 160 valence electrons. The van der Waals surface area contributed by atoms with Crippen LogP contribution in [0.3, 0.4) is 0 Å². The van der Waals surface area contributed by atoms with Gasteiger partial charge in [-0.05, 0) is 44.0 Å². The highest BCUT2D eigenvalue weighted by molar-refractivity contribution is 6.33. The Hall–Kier alpha value is -2.94. The zero-order valence-corrected chi connectivity index (χ0v) is 17.2. The van der Waals surface area contributed by atoms with Gasteiger partial charge in [0.15, 0.2) is 5.58 Å². The Labute approximate surface area is 179 Å². The summed E-state index contributed by atoms with van der Waals surface area (Å²) in [7, 11) is 7.32. The third kappa shape index (κ3) is 4.28. The lowest BCUT2D eigenvalue weighted by atomic mass is 9.88. The summed E-state index contributed by atoms with van der Waals surface area (Å²) in [5.74, 6) is -0.00524. The first-order valence-electron chi connectivity index (χ1n) is 9.93. The lowest BCUT2D eigenvalue weighted by Gasteiger charge is -2.23. The predicted molar refractivity (Wildman–Crippen MR) is 112 cm³/mol. The van der Waals surface area contributed by atoms with Crippen molar-refractivity contribution >= 4 is 30.4 Å². The number of benzene rings is 2. The van der Waals surface area contributed by atoms with Crippen molar-refractivity contribution < 1.29 is 27.5 Å². The Balaban J connectivity index is 1.73. The summed E-state index contributed by atoms with van der Waals surface area (Å²) in [6.07, 6.45) is 1.47. The number of ether oxygens (including phenoxy) is 2. The molecule has 0 saturated carbocycles. The van der Waals surface area contributed by atoms with Gasteiger partial charge >= 0.3 is 12.6 Å². The van der Waals surface area contributed by atoms with Crippen LogP contribution in [0.2, 0.25) is 0 Å². The molecule has 4 rings (SSSR count). The van der Waals surface area contributed by atoms with Crippen LogP contribution in [-0.2, 0) is 16.1 Å². The van der Waals surface area contributed by atoms with Gasteiger partial charge < -0.3 is 13.9 Å². The second kappa shape index (κ2) is 8.67. The zero-order chi connectivity index (χ0) is 22.1. The van der Waals surface area contributed by atoms with Gasteiger partial charge in [0.05, 0.1) is 7.11 Å². The van der Waals surface area contributed by atoms with Gasteiger partial charge in [-0.3, -0.25) is 9.69 Å². The Morgan fingerprint density at radius 1 is 1.39 bits per heavy atom. The van der Waals surface area contributed by atoms with E-state index in [9.17, 15) is 13.6 Å². The summed E-state index contributed by atoms with van der Waals surface area (Å²) in [6.45, 7) is -0.239. The fraction of sp³-hybridized carbons (Fsp3) is 0.364. The van der Waals surface area contributed by atoms with Gasteiger partial charge in [-0.25, -0.2) is 4.98 Å². The molecule has 0 unspecified atom stereocenters. The second-order valence-corrected chi connectivity index (χ2v) is 7.50. The van der Waals surface area contributed by atoms with Crippen molar-refractivity contribution in [3.05, 3.63) is 41.5 Å². The molecular weight excluding hydrogens is 405 g/mol. The number of rotatable bonds is 6. The van der Waals surface area contributed by atoms with E-state index in [1.807, 2.05) is 17.9 Å². The monoisotopic (exact) mass is 426 g/mol. The molecule has 1 aliphatic heterocycles. The molecule has 1 aliphatic rings. The topological polar surface area (TPSA) is 64.8 Å². The lowest BCUT2D eigenvalue weighted by Crippen LogP contribution is -2.36. The fourth-order valence-corrected chi connectivity index (χ4v) is 3.97. The average Bonchev–Trinajstić information content (AvgIpc) is 3.36. The molecular formula is C22H21BF2N2O4. The second-order valence-electron chi connectivity index (χ2n) is 7.50. The molecule has 1 aromatic heterocycles. The summed E-state index contributed by atoms with van der Waals surface area (Å²) in [5.41, 5.74) is 3.46. The summed E-state index contributed by atoms with van der Waals surface area (Å²) < 4.78 is 41.6. The van der Waals surface area contributed by atoms with Crippen molar-refractivity contribution in [1.29, 1.82) is 0 Å². The maximum absolute atomic E-state index is 13.1. The van der Waals surface area contributed by atoms with Crippen LogP contribution in [0.25, 0.3) is 22.6 Å². The molecule has 31 heavy (non-hydrogen) atoms. The SMILES string of the molecule is [B]c1cccc(-c2nc3cc(CN4CCC[C@H]4C(=O)OC)c(OC(F)F)cc3o2)c1C. The summed E-state index contributed by atoms with van der Waals surface area (Å²) in [5, 5.41) is 0. The first-order valence-corrected chi connectivity index (χ1v) is 9.93. The van der Waals surface area contributed by atoms with Gasteiger partial charge in [-0.1, -0.05) is 17.6 Å². The number of hydrogen-bond donors (Lipinski definition) is 0. The van der Waals surface area contributed by atoms with E-state index in [-0.39, 0.29) is 18.3 Å². The summed E-state index contributed by atoms with van der Waals surface area (Å²) >= 11 is 0. The maximum Gasteiger partial charge on any atom is 0.387 e. The molecule has 2 heterocycles. The Kier molecular flexibility index (Phi) is 5.95. The van der Waals surface area contributed by atoms with Crippen LogP contribution in [-0.4, -0.2) is 50.0 Å². The Bertz CT molecular complexity index is 1120. The molecule has 0 aliphatic carbocycles. The minimum absolute atomic E-state index is 0.00925. The van der Waals surface area contributed by atoms with E-state index in [0.717, 1.165) is 17.5 Å². The van der Waals surface area contributed by atoms with Crippen LogP contribution in [0.1, 0.15) is 24.0 Å². The van der Waals surface area contributed by atoms with Crippen molar-refractivity contribution in [2.24, 2.45) is 0 Å². The lowest BCUT2D eigenvalue weighted by molar-refractivity contribution is -0.146. The number of carbonyl (C=O) groups excluding carboxylic acids is 1. The van der Waals surface area contributed by atoms with E-state index < -0.39 is 12.7 Å². The largest absolute Gasteiger partial charge is 0.468 e. The van der Waals surface area contributed by atoms with Gasteiger partial charge in [0.25, 0.3) is 0 Å². The highest BCUT2D eigenvalue weighted by Crippen LogP contribution is 2.33. The van der Waals surface area contributed by atoms with Crippen molar-refractivity contribution in [2.75, 3.05) is 13.7 Å². The van der Waals surface area contributed by atoms with Crippen LogP contribution in [0.15, 0.2) is 34.7 Å². The van der Waals surface area contributed by atoms with E-state index >= 15 is 0 Å². The van der Waals surface area contributed by atoms with E-state index in [2.05, 4.69) is 4.98 Å². The van der Waals surface area contributed by atoms with Gasteiger partial charge in [0.2, 0.25) is 5.89 Å². The van der Waals surface area contributed by atoms with Gasteiger partial charge in [-0.2, -0.15) is 8.78 Å². The molecule has 1 atom stereocenters. The van der Waals surface area contributed by atoms with Crippen molar-refractivity contribution in [2.45, 2.75) is 39.0 Å². The van der Waals surface area contributed by atoms with Crippen molar-refractivity contribution in [3.63, 3.8) is 0 Å². The van der Waals surface area contributed by atoms with Crippen molar-refractivity contribution in [3.8, 4) is 17.2 Å². The third-order valence-corrected chi connectivity index (χ3v) is 5.60. The number of alkyl halides is 2. The smallest absolute Gasteiger partial charge is 0.387 e. The first-order chi connectivity index (χ1) is 14.9. The van der Waals surface area contributed by atoms with E-state index in [1.54, 1.807) is 18.2 Å². The van der Waals surface area contributed by atoms with Crippen LogP contribution >= 0.6 is 0 Å². The number of likely N-dealkylation sites (tertiary alicyclic amines) is 1. The Morgan fingerprint density at radius 2 is 2.19 bits per heavy atom. The fourth-order valence-electron chi connectivity index (χ4n) is 3.97. The maximum atomic E-state index is 13.1. The number of esters is 1. The van der Waals surface area contributed by atoms with E-state index in [1.165, 1.54) is 13.2 Å². The van der Waals surface area contributed by atoms with Gasteiger partial charge in [-0.15, -0.1) is 0 Å². The molecule has 2 aromatic carbocycles. The number of aromatic nitrogens is 1. The first kappa shape index (κ1) is 21.3. The number of oxazole rings is 1. The molecule has 3 aromatic rings. The highest BCUT2D eigenvalue weighted by atomic mass is 19.3. The van der Waals surface area contributed by atoms with E-state index in [0.29, 0.717) is 41.0 Å². The number of methoxy groups -OCH3 is 1. The molecule has 0 bridgehead atoms. The summed E-state index contributed by atoms with van der Waals surface area (Å²) in [6, 6.07) is 8.07. The number of hydrogen-bond acceptors (Lipinski definition) is 6. The predicted octanol–water partition coefficient (Wildman–Crippen LogP) is 3.34. The molecule has 0 spiro atoms. The molecule has 0 amide bonds. The zero-order valence-electron chi connectivity index (χ0n) is 17.2. The quantitative estimate of drug-likeness (QED) is 0.445. The normalized spacial score (nSPS) is 16.9. The molecule has 9 heteroatoms. The standard InChI is InChI=1S/C22H21BF2N2O4/c1-12-14(5-3-6-15(12)23)20-26-16-9-13(18(31-22(24)25)10-19(16)30-20)11-27-8-4-7-17(27)21(28)29-2/h3,5-6,9-10,17,22H,4,7-8,11H2,1-2H3/t17-/m0/s1. The molecule has 6 nitrogen and oxygen atoms in total. The molecule has 1 fully saturated rings. The number of carbonyl (C=O) groups is 1. The van der Waals surface area contributed by atoms with Gasteiger partial charge in [0.1, 0.15) is 25.2 Å². The molecule has 2 radical (unpaired) electrons. The minimum Gasteiger partial charge on any atom is -0.468 e. The minimum atomic E-state index is -3.00. The molecule has 1 saturated heterocycles. The van der Waals surface area contributed by atoms with E-state index in [4.69, 9.17) is 21.7 Å². The van der Waals surface area contributed by atoms with Crippen LogP contribution < -0.4 is 10.2 Å². The molecule has 0 N–H and O–H groups in total. The summed E-state index contributed by atoms with van der Waals surface area (Å²) in [4.78, 5) is 18.5. The third-order valence-electron chi connectivity index (χ3n) is 5.60. The number of fused-ring (bicyclic) bond motifs is 1. The average molecular weight is 426 g/mol. The van der Waals surface area contributed by atoms with Crippen molar-refractivity contribution in [1.82, 2.24) is 9.88 Å². The van der Waals surface area contributed by atoms with Crippen LogP contribution in [0.5, 0.6) is 5.75 Å².